The number of piperazine rings is 1. The highest BCUT2D eigenvalue weighted by Gasteiger charge is 2.31. The number of likely N-dealkylation sites (N-methyl/N-ethyl adjacent to an activating group) is 1. The zero-order valence-corrected chi connectivity index (χ0v) is 12.1. The summed E-state index contributed by atoms with van der Waals surface area (Å²) in [5.41, 5.74) is 0. The van der Waals surface area contributed by atoms with Crippen LogP contribution in [-0.2, 0) is 14.3 Å². The molecule has 0 saturated carbocycles. The quantitative estimate of drug-likeness (QED) is 0.672. The first kappa shape index (κ1) is 15.9. The lowest BCUT2D eigenvalue weighted by Gasteiger charge is -2.35. The van der Waals surface area contributed by atoms with E-state index in [2.05, 4.69) is 5.32 Å². The van der Waals surface area contributed by atoms with E-state index < -0.39 is 0 Å². The molecule has 1 rings (SSSR count). The molecule has 1 unspecified atom stereocenters. The number of carbonyl (C=O) groups is 2. The second-order valence-electron chi connectivity index (χ2n) is 4.51. The van der Waals surface area contributed by atoms with Gasteiger partial charge in [0.2, 0.25) is 5.91 Å². The van der Waals surface area contributed by atoms with E-state index in [0.717, 1.165) is 6.54 Å². The Bertz CT molecular complexity index is 306. The van der Waals surface area contributed by atoms with E-state index in [4.69, 9.17) is 4.74 Å². The van der Waals surface area contributed by atoms with Crippen molar-refractivity contribution < 1.29 is 14.3 Å². The minimum absolute atomic E-state index is 0.0706. The Labute approximate surface area is 115 Å². The van der Waals surface area contributed by atoms with Crippen molar-refractivity contribution >= 4 is 11.9 Å². The molecule has 6 nitrogen and oxygen atoms in total. The molecule has 0 spiro atoms. The van der Waals surface area contributed by atoms with E-state index in [9.17, 15) is 9.59 Å². The van der Waals surface area contributed by atoms with E-state index in [0.29, 0.717) is 32.8 Å². The lowest BCUT2D eigenvalue weighted by molar-refractivity contribution is -0.151. The Balaban J connectivity index is 2.61. The number of amides is 1. The van der Waals surface area contributed by atoms with Gasteiger partial charge in [0.05, 0.1) is 13.2 Å². The average Bonchev–Trinajstić information content (AvgIpc) is 2.41. The van der Waals surface area contributed by atoms with Crippen molar-refractivity contribution in [1.29, 1.82) is 0 Å². The lowest BCUT2D eigenvalue weighted by atomic mass is 10.2. The van der Waals surface area contributed by atoms with Crippen molar-refractivity contribution in [1.82, 2.24) is 15.1 Å². The molecule has 0 radical (unpaired) electrons. The molecule has 1 saturated heterocycles. The summed E-state index contributed by atoms with van der Waals surface area (Å²) in [6.07, 6.45) is 0. The van der Waals surface area contributed by atoms with Crippen LogP contribution < -0.4 is 5.32 Å². The van der Waals surface area contributed by atoms with Gasteiger partial charge >= 0.3 is 5.97 Å². The zero-order chi connectivity index (χ0) is 14.3. The first-order chi connectivity index (χ1) is 9.13. The summed E-state index contributed by atoms with van der Waals surface area (Å²) in [4.78, 5) is 27.7. The minimum atomic E-state index is -0.354. The standard InChI is InChI=1S/C13H25N3O3/c1-4-15(5-2)12(17)10-16-8-7-14-9-11(16)13(18)19-6-3/h11,14H,4-10H2,1-3H3. The molecule has 1 aliphatic rings. The van der Waals surface area contributed by atoms with Gasteiger partial charge in [0, 0.05) is 32.7 Å². The number of nitrogens with zero attached hydrogens (tertiary/aromatic N) is 2. The molecular formula is C13H25N3O3. The summed E-state index contributed by atoms with van der Waals surface area (Å²) >= 11 is 0. The van der Waals surface area contributed by atoms with E-state index >= 15 is 0 Å². The van der Waals surface area contributed by atoms with Gasteiger partial charge in [-0.05, 0) is 20.8 Å². The monoisotopic (exact) mass is 271 g/mol. The van der Waals surface area contributed by atoms with Crippen LogP contribution in [0.4, 0.5) is 0 Å². The van der Waals surface area contributed by atoms with Gasteiger partial charge < -0.3 is 15.0 Å². The summed E-state index contributed by atoms with van der Waals surface area (Å²) in [6.45, 7) is 9.79. The van der Waals surface area contributed by atoms with Gasteiger partial charge in [-0.2, -0.15) is 0 Å². The maximum atomic E-state index is 12.1. The smallest absolute Gasteiger partial charge is 0.324 e. The van der Waals surface area contributed by atoms with Crippen LogP contribution in [0.15, 0.2) is 0 Å². The summed E-state index contributed by atoms with van der Waals surface area (Å²) in [7, 11) is 0. The van der Waals surface area contributed by atoms with Gasteiger partial charge in [-0.3, -0.25) is 14.5 Å². The van der Waals surface area contributed by atoms with Crippen LogP contribution in [-0.4, -0.2) is 73.6 Å². The molecule has 1 aliphatic heterocycles. The summed E-state index contributed by atoms with van der Waals surface area (Å²) < 4.78 is 5.06. The van der Waals surface area contributed by atoms with E-state index in [-0.39, 0.29) is 24.5 Å². The van der Waals surface area contributed by atoms with Crippen LogP contribution in [0.2, 0.25) is 0 Å². The highest BCUT2D eigenvalue weighted by molar-refractivity contribution is 5.81. The highest BCUT2D eigenvalue weighted by Crippen LogP contribution is 2.06. The van der Waals surface area contributed by atoms with Crippen LogP contribution in [0.5, 0.6) is 0 Å². The third kappa shape index (κ3) is 4.47. The van der Waals surface area contributed by atoms with E-state index in [1.54, 1.807) is 11.8 Å². The van der Waals surface area contributed by atoms with Gasteiger partial charge in [-0.25, -0.2) is 0 Å². The van der Waals surface area contributed by atoms with Gasteiger partial charge in [-0.15, -0.1) is 0 Å². The lowest BCUT2D eigenvalue weighted by Crippen LogP contribution is -2.57. The fourth-order valence-electron chi connectivity index (χ4n) is 2.26. The molecule has 1 heterocycles. The first-order valence-corrected chi connectivity index (χ1v) is 7.03. The Morgan fingerprint density at radius 2 is 2.00 bits per heavy atom. The van der Waals surface area contributed by atoms with Crippen LogP contribution in [0, 0.1) is 0 Å². The van der Waals surface area contributed by atoms with E-state index in [1.165, 1.54) is 0 Å². The number of rotatable bonds is 6. The Morgan fingerprint density at radius 1 is 1.32 bits per heavy atom. The molecular weight excluding hydrogens is 246 g/mol. The number of hydrogen-bond acceptors (Lipinski definition) is 5. The molecule has 19 heavy (non-hydrogen) atoms. The predicted molar refractivity (Wildman–Crippen MR) is 72.8 cm³/mol. The van der Waals surface area contributed by atoms with Crippen molar-refractivity contribution in [2.45, 2.75) is 26.8 Å². The number of hydrogen-bond donors (Lipinski definition) is 1. The molecule has 0 aromatic rings. The number of esters is 1. The zero-order valence-electron chi connectivity index (χ0n) is 12.1. The fraction of sp³-hybridized carbons (Fsp3) is 0.846. The molecule has 1 fully saturated rings. The number of nitrogens with one attached hydrogen (secondary N) is 1. The van der Waals surface area contributed by atoms with Crippen LogP contribution >= 0.6 is 0 Å². The van der Waals surface area contributed by atoms with Crippen LogP contribution in [0.1, 0.15) is 20.8 Å². The van der Waals surface area contributed by atoms with Gasteiger partial charge in [-0.1, -0.05) is 0 Å². The Kier molecular flexibility index (Phi) is 6.80. The Hall–Kier alpha value is -1.14. The molecule has 110 valence electrons. The average molecular weight is 271 g/mol. The second kappa shape index (κ2) is 8.12. The normalized spacial score (nSPS) is 20.1. The molecule has 0 aromatic carbocycles. The molecule has 0 aromatic heterocycles. The summed E-state index contributed by atoms with van der Waals surface area (Å²) in [6, 6.07) is -0.354. The SMILES string of the molecule is CCOC(=O)C1CNCCN1CC(=O)N(CC)CC. The molecule has 6 heteroatoms. The fourth-order valence-corrected chi connectivity index (χ4v) is 2.26. The van der Waals surface area contributed by atoms with Crippen molar-refractivity contribution in [2.24, 2.45) is 0 Å². The second-order valence-corrected chi connectivity index (χ2v) is 4.51. The molecule has 1 N–H and O–H groups in total. The minimum Gasteiger partial charge on any atom is -0.465 e. The van der Waals surface area contributed by atoms with Crippen molar-refractivity contribution in [3.05, 3.63) is 0 Å². The van der Waals surface area contributed by atoms with Gasteiger partial charge in [0.1, 0.15) is 6.04 Å². The van der Waals surface area contributed by atoms with Crippen LogP contribution in [0.3, 0.4) is 0 Å². The molecule has 1 amide bonds. The van der Waals surface area contributed by atoms with E-state index in [1.807, 2.05) is 18.7 Å². The van der Waals surface area contributed by atoms with Crippen molar-refractivity contribution in [3.8, 4) is 0 Å². The topological polar surface area (TPSA) is 61.9 Å². The third-order valence-electron chi connectivity index (χ3n) is 3.37. The molecule has 0 bridgehead atoms. The summed E-state index contributed by atoms with van der Waals surface area (Å²) in [5.74, 6) is -0.178. The third-order valence-corrected chi connectivity index (χ3v) is 3.37. The maximum absolute atomic E-state index is 12.1. The molecule has 1 atom stereocenters. The van der Waals surface area contributed by atoms with Crippen molar-refractivity contribution in [3.63, 3.8) is 0 Å². The number of carbonyl (C=O) groups excluding carboxylic acids is 2. The number of ether oxygens (including phenoxy) is 1. The van der Waals surface area contributed by atoms with Gasteiger partial charge in [0.25, 0.3) is 0 Å². The summed E-state index contributed by atoms with van der Waals surface area (Å²) in [5, 5.41) is 3.17. The van der Waals surface area contributed by atoms with Crippen LogP contribution in [0.25, 0.3) is 0 Å². The molecule has 0 aliphatic carbocycles. The largest absolute Gasteiger partial charge is 0.465 e. The maximum Gasteiger partial charge on any atom is 0.324 e. The first-order valence-electron chi connectivity index (χ1n) is 7.03. The van der Waals surface area contributed by atoms with Crippen molar-refractivity contribution in [2.75, 3.05) is 45.9 Å². The Morgan fingerprint density at radius 3 is 2.58 bits per heavy atom. The highest BCUT2D eigenvalue weighted by atomic mass is 16.5. The van der Waals surface area contributed by atoms with Gasteiger partial charge in [0.15, 0.2) is 0 Å². The predicted octanol–water partition coefficient (Wildman–Crippen LogP) is -0.308.